The number of aliphatic hydroxyl groups excluding tert-OH is 1. The number of benzene rings is 2. The Hall–Kier alpha value is -1.36. The molecule has 23 heavy (non-hydrogen) atoms. The van der Waals surface area contributed by atoms with Crippen molar-refractivity contribution in [2.45, 2.75) is 29.4 Å². The van der Waals surface area contributed by atoms with Crippen LogP contribution in [-0.2, 0) is 16.3 Å². The van der Waals surface area contributed by atoms with Crippen LogP contribution in [-0.4, -0.2) is 25.4 Å². The second kappa shape index (κ2) is 6.27. The maximum atomic E-state index is 12.8. The van der Waals surface area contributed by atoms with Crippen molar-refractivity contribution in [2.75, 3.05) is 6.61 Å². The highest BCUT2D eigenvalue weighted by molar-refractivity contribution is 7.92. The Kier molecular flexibility index (Phi) is 4.50. The molecule has 1 N–H and O–H groups in total. The molecule has 1 aliphatic carbocycles. The minimum absolute atomic E-state index is 0.127. The third kappa shape index (κ3) is 3.03. The molecular formula is C18H19ClO3S. The number of halogens is 1. The lowest BCUT2D eigenvalue weighted by Gasteiger charge is -2.05. The van der Waals surface area contributed by atoms with Gasteiger partial charge in [-0.05, 0) is 41.8 Å². The average molecular weight is 351 g/mol. The van der Waals surface area contributed by atoms with Crippen LogP contribution in [0.1, 0.15) is 24.0 Å². The smallest absolute Gasteiger partial charge is 0.182 e. The van der Waals surface area contributed by atoms with Crippen molar-refractivity contribution in [1.82, 2.24) is 0 Å². The number of aliphatic hydroxyl groups is 1. The summed E-state index contributed by atoms with van der Waals surface area (Å²) in [5.74, 6) is -0.394. The van der Waals surface area contributed by atoms with Gasteiger partial charge in [-0.15, -0.1) is 0 Å². The highest BCUT2D eigenvalue weighted by Gasteiger charge is 2.58. The van der Waals surface area contributed by atoms with Crippen LogP contribution >= 0.6 is 11.6 Å². The fourth-order valence-corrected chi connectivity index (χ4v) is 5.50. The molecule has 0 aromatic heterocycles. The first kappa shape index (κ1) is 16.5. The fraction of sp³-hybridized carbons (Fsp3) is 0.333. The van der Waals surface area contributed by atoms with Crippen LogP contribution in [0.5, 0.6) is 0 Å². The number of aryl methyl sites for hydroxylation is 1. The van der Waals surface area contributed by atoms with Gasteiger partial charge in [-0.3, -0.25) is 0 Å². The molecule has 2 aromatic rings. The Bertz CT molecular complexity index is 782. The Morgan fingerprint density at radius 3 is 2.17 bits per heavy atom. The molecule has 5 heteroatoms. The van der Waals surface area contributed by atoms with Crippen molar-refractivity contribution in [2.24, 2.45) is 5.92 Å². The molecule has 122 valence electrons. The summed E-state index contributed by atoms with van der Waals surface area (Å²) in [6.07, 6.45) is 0.945. The van der Waals surface area contributed by atoms with E-state index in [9.17, 15) is 13.5 Å². The van der Waals surface area contributed by atoms with Crippen molar-refractivity contribution in [3.63, 3.8) is 0 Å². The molecule has 0 radical (unpaired) electrons. The lowest BCUT2D eigenvalue weighted by atomic mass is 10.1. The summed E-state index contributed by atoms with van der Waals surface area (Å²) in [6.45, 7) is 1.95. The Morgan fingerprint density at radius 1 is 1.04 bits per heavy atom. The third-order valence-corrected chi connectivity index (χ3v) is 7.12. The first-order chi connectivity index (χ1) is 11.0. The molecule has 3 rings (SSSR count). The van der Waals surface area contributed by atoms with E-state index in [0.29, 0.717) is 5.02 Å². The van der Waals surface area contributed by atoms with E-state index >= 15 is 0 Å². The van der Waals surface area contributed by atoms with Gasteiger partial charge >= 0.3 is 0 Å². The lowest BCUT2D eigenvalue weighted by Crippen LogP contribution is -2.11. The van der Waals surface area contributed by atoms with E-state index in [0.717, 1.165) is 12.0 Å². The van der Waals surface area contributed by atoms with Gasteiger partial charge in [0.15, 0.2) is 9.84 Å². The summed E-state index contributed by atoms with van der Waals surface area (Å²) in [7, 11) is -3.48. The maximum absolute atomic E-state index is 12.8. The summed E-state index contributed by atoms with van der Waals surface area (Å²) in [4.78, 5) is 0.262. The first-order valence-corrected chi connectivity index (χ1v) is 9.60. The molecule has 0 spiro atoms. The maximum Gasteiger partial charge on any atom is 0.182 e. The second-order valence-corrected chi connectivity index (χ2v) is 8.47. The molecular weight excluding hydrogens is 332 g/mol. The topological polar surface area (TPSA) is 54.4 Å². The van der Waals surface area contributed by atoms with Gasteiger partial charge in [0.1, 0.15) is 0 Å². The molecule has 0 bridgehead atoms. The Morgan fingerprint density at radius 2 is 1.65 bits per heavy atom. The van der Waals surface area contributed by atoms with E-state index < -0.39 is 15.1 Å². The molecule has 3 unspecified atom stereocenters. The van der Waals surface area contributed by atoms with Gasteiger partial charge in [0.05, 0.1) is 10.1 Å². The summed E-state index contributed by atoms with van der Waals surface area (Å²) in [6, 6.07) is 14.2. The zero-order valence-corrected chi connectivity index (χ0v) is 14.4. The fourth-order valence-electron chi connectivity index (χ4n) is 3.18. The predicted molar refractivity (Wildman–Crippen MR) is 91.6 cm³/mol. The van der Waals surface area contributed by atoms with Gasteiger partial charge in [-0.2, -0.15) is 0 Å². The van der Waals surface area contributed by atoms with Gasteiger partial charge in [-0.1, -0.05) is 42.8 Å². The summed E-state index contributed by atoms with van der Waals surface area (Å²) >= 11 is 5.83. The van der Waals surface area contributed by atoms with Crippen LogP contribution in [0.3, 0.4) is 0 Å². The lowest BCUT2D eigenvalue weighted by molar-refractivity contribution is 0.274. The summed E-state index contributed by atoms with van der Waals surface area (Å²) in [5.41, 5.74) is 2.19. The standard InChI is InChI=1S/C18H19ClO3S/c1-2-12-3-5-13(6-4-12)17-16(11-20)18(17)23(21,22)15-9-7-14(19)8-10-15/h3-10,16-18,20H,2,11H2,1H3. The number of hydrogen-bond acceptors (Lipinski definition) is 3. The van der Waals surface area contributed by atoms with Crippen molar-refractivity contribution in [3.05, 3.63) is 64.7 Å². The SMILES string of the molecule is CCc1ccc(C2C(CO)C2S(=O)(=O)c2ccc(Cl)cc2)cc1. The van der Waals surface area contributed by atoms with Crippen molar-refractivity contribution in [3.8, 4) is 0 Å². The third-order valence-electron chi connectivity index (χ3n) is 4.58. The predicted octanol–water partition coefficient (Wildman–Crippen LogP) is 3.45. The van der Waals surface area contributed by atoms with E-state index in [1.807, 2.05) is 24.3 Å². The zero-order valence-electron chi connectivity index (χ0n) is 12.8. The van der Waals surface area contributed by atoms with E-state index in [1.165, 1.54) is 17.7 Å². The molecule has 0 heterocycles. The van der Waals surface area contributed by atoms with Crippen LogP contribution < -0.4 is 0 Å². The number of sulfone groups is 1. The Balaban J connectivity index is 1.90. The van der Waals surface area contributed by atoms with Gasteiger partial charge in [0, 0.05) is 23.5 Å². The van der Waals surface area contributed by atoms with Crippen molar-refractivity contribution < 1.29 is 13.5 Å². The highest BCUT2D eigenvalue weighted by Crippen LogP contribution is 2.53. The quantitative estimate of drug-likeness (QED) is 0.898. The zero-order chi connectivity index (χ0) is 16.6. The molecule has 1 fully saturated rings. The van der Waals surface area contributed by atoms with Crippen molar-refractivity contribution >= 4 is 21.4 Å². The molecule has 0 amide bonds. The molecule has 1 saturated carbocycles. The number of rotatable bonds is 5. The molecule has 0 saturated heterocycles. The van der Waals surface area contributed by atoms with E-state index in [2.05, 4.69) is 6.92 Å². The molecule has 1 aliphatic rings. The van der Waals surface area contributed by atoms with E-state index in [1.54, 1.807) is 12.1 Å². The van der Waals surface area contributed by atoms with Crippen LogP contribution in [0.4, 0.5) is 0 Å². The molecule has 0 aliphatic heterocycles. The van der Waals surface area contributed by atoms with Gasteiger partial charge in [0.2, 0.25) is 0 Å². The van der Waals surface area contributed by atoms with E-state index in [4.69, 9.17) is 11.6 Å². The van der Waals surface area contributed by atoms with Crippen LogP contribution in [0, 0.1) is 5.92 Å². The Labute approximate surface area is 141 Å². The largest absolute Gasteiger partial charge is 0.396 e. The summed E-state index contributed by atoms with van der Waals surface area (Å²) < 4.78 is 25.7. The monoisotopic (exact) mass is 350 g/mol. The normalized spacial score (nSPS) is 23.7. The summed E-state index contributed by atoms with van der Waals surface area (Å²) in [5, 5.41) is 9.51. The van der Waals surface area contributed by atoms with Crippen molar-refractivity contribution in [1.29, 1.82) is 0 Å². The van der Waals surface area contributed by atoms with Gasteiger partial charge in [-0.25, -0.2) is 8.42 Å². The second-order valence-electron chi connectivity index (χ2n) is 5.93. The van der Waals surface area contributed by atoms with Crippen LogP contribution in [0.25, 0.3) is 0 Å². The highest BCUT2D eigenvalue weighted by atomic mass is 35.5. The molecule has 3 atom stereocenters. The van der Waals surface area contributed by atoms with Gasteiger partial charge < -0.3 is 5.11 Å². The number of hydrogen-bond donors (Lipinski definition) is 1. The minimum Gasteiger partial charge on any atom is -0.396 e. The molecule has 3 nitrogen and oxygen atoms in total. The van der Waals surface area contributed by atoms with Gasteiger partial charge in [0.25, 0.3) is 0 Å². The van der Waals surface area contributed by atoms with E-state index in [-0.39, 0.29) is 23.3 Å². The minimum atomic E-state index is -3.48. The van der Waals surface area contributed by atoms with Crippen LogP contribution in [0.2, 0.25) is 5.02 Å². The van der Waals surface area contributed by atoms with Crippen LogP contribution in [0.15, 0.2) is 53.4 Å². The first-order valence-electron chi connectivity index (χ1n) is 7.68. The average Bonchev–Trinajstić information content (AvgIpc) is 3.31. The molecule has 2 aromatic carbocycles.